The molecule has 7 fully saturated rings. The standard InChI is InChI=1S/C19H17P.C14H13NO2.C14H14O4.C14H16O3.C13H14O3.C13H12O3.C9H10O.C8H12O3/c1-20(17-11-5-2-6-12-17,18-13-7-3-8-14-18)19-15-9-4-10-16-19;15-9-10-5-7-14(8-6-10)12-4-2-1-3-11(12)13(16)17-14;15-12(16)9-5-7-14(8-6-9)11-4-2-1-3-10(11)13(17)18-14;15-9-10-5-7-14(8-6-10)12-4-2-1-3-11(12)13(16)17-14;2*14-9-5-7-13(8-6-9)11-4-2-1-3-10(11)12(15)16-13;1-7-5-3-4-6-9(7)8(2)10;9-7-1-3-8(4-2-7)10-5-6-11-8/h2-16H,1H2;1-4,10H,5-8H2;1-4,9H,5-8H2,(H,15,16);1-4,10,15H,5-9H2;1-4,9,14H,5-8H2;1-4H,5-8H2;3-6H,1-2H3;1-6H2. The van der Waals surface area contributed by atoms with Crippen molar-refractivity contribution in [3.8, 4) is 6.07 Å². The molecule has 9 aromatic rings. The van der Waals surface area contributed by atoms with Crippen LogP contribution in [0.2, 0.25) is 0 Å². The number of carbonyl (C=O) groups is 9. The number of carboxylic acids is 1. The number of esters is 5. The van der Waals surface area contributed by atoms with Crippen LogP contribution in [0.4, 0.5) is 0 Å². The number of Topliss-reactive ketones (excluding diaryl/α,β-unsaturated/α-hetero) is 3. The van der Waals surface area contributed by atoms with E-state index >= 15 is 0 Å². The van der Waals surface area contributed by atoms with Crippen LogP contribution in [0.5, 0.6) is 0 Å². The van der Waals surface area contributed by atoms with E-state index in [4.69, 9.17) is 54.9 Å². The Labute approximate surface area is 729 Å². The van der Waals surface area contributed by atoms with Gasteiger partial charge in [0.05, 0.1) is 59.1 Å². The van der Waals surface area contributed by atoms with Crippen LogP contribution in [-0.2, 0) is 75.5 Å². The number of carbonyl (C=O) groups excluding carboxylic acids is 8. The molecular formula is C104H108NO19P. The number of carboxylic acid groups (broad SMARTS) is 1. The van der Waals surface area contributed by atoms with E-state index in [2.05, 4.69) is 97.1 Å². The Hall–Kier alpha value is -11.6. The zero-order valence-electron chi connectivity index (χ0n) is 70.9. The van der Waals surface area contributed by atoms with Gasteiger partial charge >= 0.3 is 35.8 Å². The lowest BCUT2D eigenvalue weighted by Gasteiger charge is -2.35. The maximum absolute atomic E-state index is 11.8. The quantitative estimate of drug-likeness (QED) is 0.0603. The van der Waals surface area contributed by atoms with Crippen molar-refractivity contribution >= 4 is 82.3 Å². The number of benzene rings is 9. The van der Waals surface area contributed by atoms with Gasteiger partial charge < -0.3 is 48.5 Å². The average molecular weight is 1710 g/mol. The van der Waals surface area contributed by atoms with Crippen LogP contribution >= 0.6 is 6.89 Å². The van der Waals surface area contributed by atoms with Crippen molar-refractivity contribution < 1.29 is 91.6 Å². The third-order valence-corrected chi connectivity index (χ3v) is 30.3. The summed E-state index contributed by atoms with van der Waals surface area (Å²) in [7, 11) is 0. The molecule has 21 rings (SSSR count). The SMILES string of the molecule is C=P(c1ccccc1)(c1ccccc1)c1ccccc1.CC(=O)c1ccccc1C.N#CC1CCC2(CC1)OC(=O)c1ccccc12.O=C1CCC2(CC1)OC(=O)c1ccccc12.O=C1CCC2(CC1)OCCO2.O=C1OC2(CCC(C(=O)O)CC2)c2ccccc21.O=C1OC2(CCC(CO)CC2)c2ccccc21.O=C1OC2(CCC(O)CC2)c2ccccc21. The number of ether oxygens (including phenoxy) is 7. The fourth-order valence-electron chi connectivity index (χ4n) is 19.6. The Balaban J connectivity index is 0.000000117. The number of hydrogen-bond acceptors (Lipinski definition) is 19. The molecule has 12 aliphatic rings. The Morgan fingerprint density at radius 2 is 0.688 bits per heavy atom. The Morgan fingerprint density at radius 1 is 0.400 bits per heavy atom. The molecule has 125 heavy (non-hydrogen) atoms. The molecule has 20 nitrogen and oxygen atoms in total. The summed E-state index contributed by atoms with van der Waals surface area (Å²) in [5.74, 6) is -1.33. The number of nitriles is 1. The molecule has 648 valence electrons. The molecule has 0 bridgehead atoms. The van der Waals surface area contributed by atoms with Crippen LogP contribution in [0.1, 0.15) is 257 Å². The van der Waals surface area contributed by atoms with Crippen LogP contribution in [0.3, 0.4) is 0 Å². The summed E-state index contributed by atoms with van der Waals surface area (Å²) in [6.07, 6.45) is 21.4. The first-order valence-electron chi connectivity index (χ1n) is 43.7. The van der Waals surface area contributed by atoms with Crippen LogP contribution in [0.15, 0.2) is 237 Å². The molecule has 6 saturated carbocycles. The molecule has 3 N–H and O–H groups in total. The van der Waals surface area contributed by atoms with Gasteiger partial charge in [-0.1, -0.05) is 213 Å². The molecule has 6 spiro atoms. The first kappa shape index (κ1) is 89.7. The van der Waals surface area contributed by atoms with Gasteiger partial charge in [-0.3, -0.25) is 19.2 Å². The molecule has 1 saturated heterocycles. The Kier molecular flexibility index (Phi) is 28.2. The van der Waals surface area contributed by atoms with Gasteiger partial charge in [-0.15, -0.1) is 0 Å². The second-order valence-electron chi connectivity index (χ2n) is 34.4. The van der Waals surface area contributed by atoms with E-state index in [1.54, 1.807) is 19.1 Å². The number of aliphatic hydroxyl groups excluding tert-OH is 2. The lowest BCUT2D eigenvalue weighted by molar-refractivity contribution is -0.179. The summed E-state index contributed by atoms with van der Waals surface area (Å²) in [5.41, 5.74) is 7.85. The minimum absolute atomic E-state index is 0.118. The molecule has 0 unspecified atom stereocenters. The van der Waals surface area contributed by atoms with Gasteiger partial charge in [0.25, 0.3) is 0 Å². The van der Waals surface area contributed by atoms with Crippen LogP contribution in [0.25, 0.3) is 0 Å². The highest BCUT2D eigenvalue weighted by atomic mass is 31.2. The number of ketones is 3. The van der Waals surface area contributed by atoms with Gasteiger partial charge in [-0.05, 0) is 194 Å². The maximum Gasteiger partial charge on any atom is 0.339 e. The fourth-order valence-corrected chi connectivity index (χ4v) is 22.6. The molecule has 6 aliphatic carbocycles. The van der Waals surface area contributed by atoms with E-state index in [0.29, 0.717) is 124 Å². The number of fused-ring (bicyclic) bond motifs is 10. The number of hydrogen-bond donors (Lipinski definition) is 3. The normalized spacial score (nSPS) is 24.9. The lowest BCUT2D eigenvalue weighted by Crippen LogP contribution is -2.35. The third-order valence-electron chi connectivity index (χ3n) is 26.8. The smallest absolute Gasteiger partial charge is 0.339 e. The van der Waals surface area contributed by atoms with Crippen LogP contribution < -0.4 is 15.9 Å². The highest BCUT2D eigenvalue weighted by Gasteiger charge is 2.53. The number of rotatable bonds is 6. The average Bonchev–Trinajstić information content (AvgIpc) is 1.73. The minimum atomic E-state index is -1.78. The van der Waals surface area contributed by atoms with Gasteiger partial charge in [0, 0.05) is 84.4 Å². The van der Waals surface area contributed by atoms with E-state index in [0.717, 1.165) is 122 Å². The van der Waals surface area contributed by atoms with E-state index in [-0.39, 0.29) is 71.7 Å². The van der Waals surface area contributed by atoms with Crippen molar-refractivity contribution in [1.29, 1.82) is 5.26 Å². The Morgan fingerprint density at radius 3 is 1.00 bits per heavy atom. The first-order chi connectivity index (χ1) is 60.4. The maximum atomic E-state index is 11.8. The topological polar surface area (TPSA) is 303 Å². The monoisotopic (exact) mass is 1710 g/mol. The number of nitrogens with zero attached hydrogens (tertiary/aromatic N) is 1. The highest BCUT2D eigenvalue weighted by Crippen LogP contribution is 2.53. The number of aliphatic carboxylic acids is 1. The van der Waals surface area contributed by atoms with Gasteiger partial charge in [0.1, 0.15) is 39.6 Å². The van der Waals surface area contributed by atoms with Crippen molar-refractivity contribution in [2.24, 2.45) is 17.8 Å². The van der Waals surface area contributed by atoms with Crippen molar-refractivity contribution in [2.45, 2.75) is 208 Å². The van der Waals surface area contributed by atoms with Gasteiger partial charge in [-0.25, -0.2) is 24.0 Å². The molecule has 0 atom stereocenters. The van der Waals surface area contributed by atoms with Gasteiger partial charge in [0.15, 0.2) is 11.6 Å². The largest absolute Gasteiger partial charge is 0.481 e. The highest BCUT2D eigenvalue weighted by molar-refractivity contribution is 7.93. The summed E-state index contributed by atoms with van der Waals surface area (Å²) in [5, 5.41) is 40.6. The molecule has 0 amide bonds. The van der Waals surface area contributed by atoms with E-state index in [9.17, 15) is 48.3 Å². The van der Waals surface area contributed by atoms with Crippen LogP contribution in [-0.4, -0.2) is 106 Å². The minimum Gasteiger partial charge on any atom is -0.481 e. The summed E-state index contributed by atoms with van der Waals surface area (Å²) in [6.45, 7) is 3.37. The molecule has 6 heterocycles. The number of aryl methyl sites for hydroxylation is 1. The van der Waals surface area contributed by atoms with Crippen molar-refractivity contribution in [3.05, 3.63) is 303 Å². The zero-order valence-corrected chi connectivity index (χ0v) is 71.8. The molecule has 0 aromatic heterocycles. The van der Waals surface area contributed by atoms with Gasteiger partial charge in [-0.2, -0.15) is 5.26 Å². The predicted molar refractivity (Wildman–Crippen MR) is 473 cm³/mol. The summed E-state index contributed by atoms with van der Waals surface area (Å²) < 4.78 is 38.8. The van der Waals surface area contributed by atoms with Crippen molar-refractivity contribution in [3.63, 3.8) is 0 Å². The molecule has 9 aromatic carbocycles. The first-order valence-corrected chi connectivity index (χ1v) is 45.7. The zero-order chi connectivity index (χ0) is 88.0. The summed E-state index contributed by atoms with van der Waals surface area (Å²) in [4.78, 5) is 103. The molecule has 0 radical (unpaired) electrons. The van der Waals surface area contributed by atoms with E-state index < -0.39 is 40.9 Å². The van der Waals surface area contributed by atoms with Crippen molar-refractivity contribution in [2.75, 3.05) is 19.8 Å². The van der Waals surface area contributed by atoms with Crippen LogP contribution in [0, 0.1) is 36.0 Å². The predicted octanol–water partition coefficient (Wildman–Crippen LogP) is 18.0. The van der Waals surface area contributed by atoms with E-state index in [1.807, 2.05) is 140 Å². The number of aliphatic hydroxyl groups is 2. The van der Waals surface area contributed by atoms with Crippen molar-refractivity contribution in [1.82, 2.24) is 0 Å². The summed E-state index contributed by atoms with van der Waals surface area (Å²) in [6, 6.07) is 79.6. The van der Waals surface area contributed by atoms with Gasteiger partial charge in [0.2, 0.25) is 0 Å². The van der Waals surface area contributed by atoms with E-state index in [1.165, 1.54) is 15.9 Å². The molecule has 21 heteroatoms. The third kappa shape index (κ3) is 19.6. The molecule has 6 aliphatic heterocycles. The molecular weight excluding hydrogens is 1600 g/mol. The fraction of sp³-hybridized carbons (Fsp3) is 0.375. The lowest BCUT2D eigenvalue weighted by atomic mass is 9.75. The Bertz CT molecular complexity index is 5380. The second-order valence-corrected chi connectivity index (χ2v) is 37.6. The second kappa shape index (κ2) is 39.3. The summed E-state index contributed by atoms with van der Waals surface area (Å²) >= 11 is 0.